The fourth-order valence-corrected chi connectivity index (χ4v) is 2.04. The summed E-state index contributed by atoms with van der Waals surface area (Å²) in [6.07, 6.45) is 0. The van der Waals surface area contributed by atoms with Crippen LogP contribution in [0.25, 0.3) is 0 Å². The van der Waals surface area contributed by atoms with Gasteiger partial charge in [0.05, 0.1) is 6.04 Å². The van der Waals surface area contributed by atoms with Gasteiger partial charge in [-0.15, -0.1) is 0 Å². The van der Waals surface area contributed by atoms with Crippen molar-refractivity contribution in [2.24, 2.45) is 0 Å². The number of halogens is 1. The summed E-state index contributed by atoms with van der Waals surface area (Å²) in [5.41, 5.74) is 0.781. The first-order valence-electron chi connectivity index (χ1n) is 5.39. The minimum atomic E-state index is -0.111. The van der Waals surface area contributed by atoms with E-state index in [1.54, 1.807) is 0 Å². The topological polar surface area (TPSA) is 3.24 Å². The Morgan fingerprint density at radius 2 is 1.29 bits per heavy atom. The summed E-state index contributed by atoms with van der Waals surface area (Å²) in [7, 11) is 0. The van der Waals surface area contributed by atoms with Gasteiger partial charge in [0.2, 0.25) is 0 Å². The van der Waals surface area contributed by atoms with Crippen LogP contribution < -0.4 is 0 Å². The van der Waals surface area contributed by atoms with Gasteiger partial charge in [-0.25, -0.2) is 4.39 Å². The van der Waals surface area contributed by atoms with Crippen molar-refractivity contribution in [2.75, 3.05) is 0 Å². The molecule has 0 saturated heterocycles. The normalized spacial score (nSPS) is 13.9. The summed E-state index contributed by atoms with van der Waals surface area (Å²) < 4.78 is 13.7. The van der Waals surface area contributed by atoms with E-state index in [2.05, 4.69) is 32.6 Å². The van der Waals surface area contributed by atoms with Crippen LogP contribution in [-0.4, -0.2) is 23.0 Å². The lowest BCUT2D eigenvalue weighted by Crippen LogP contribution is -2.44. The standard InChI is InChI=1S/C12H24FN/c1-8(2)12(13)11(7)14(9(3)4)10(5)6/h9-11H,1-7H3. The van der Waals surface area contributed by atoms with E-state index < -0.39 is 0 Å². The molecule has 0 rings (SSSR count). The summed E-state index contributed by atoms with van der Waals surface area (Å²) >= 11 is 0. The van der Waals surface area contributed by atoms with Gasteiger partial charge in [-0.05, 0) is 54.0 Å². The maximum atomic E-state index is 13.7. The van der Waals surface area contributed by atoms with Gasteiger partial charge in [0.25, 0.3) is 0 Å². The van der Waals surface area contributed by atoms with Gasteiger partial charge in [0.1, 0.15) is 5.83 Å². The molecule has 0 aromatic heterocycles. The summed E-state index contributed by atoms with van der Waals surface area (Å²) in [6, 6.07) is 0.630. The summed E-state index contributed by atoms with van der Waals surface area (Å²) in [6.45, 7) is 14.0. The molecule has 1 atom stereocenters. The second-order valence-corrected chi connectivity index (χ2v) is 4.66. The van der Waals surface area contributed by atoms with E-state index in [4.69, 9.17) is 0 Å². The molecule has 1 nitrogen and oxygen atoms in total. The van der Waals surface area contributed by atoms with Gasteiger partial charge in [0, 0.05) is 12.1 Å². The van der Waals surface area contributed by atoms with E-state index in [1.807, 2.05) is 20.8 Å². The molecule has 0 saturated carbocycles. The van der Waals surface area contributed by atoms with Crippen LogP contribution in [0.1, 0.15) is 48.5 Å². The first-order chi connectivity index (χ1) is 6.29. The van der Waals surface area contributed by atoms with Crippen molar-refractivity contribution in [3.8, 4) is 0 Å². The largest absolute Gasteiger partial charge is 0.289 e. The van der Waals surface area contributed by atoms with Crippen molar-refractivity contribution in [2.45, 2.75) is 66.6 Å². The highest BCUT2D eigenvalue weighted by Crippen LogP contribution is 2.20. The number of allylic oxidation sites excluding steroid dienone is 1. The van der Waals surface area contributed by atoms with E-state index in [0.29, 0.717) is 12.1 Å². The van der Waals surface area contributed by atoms with Crippen LogP contribution in [0.4, 0.5) is 4.39 Å². The Hall–Kier alpha value is -0.370. The number of rotatable bonds is 4. The Bertz CT molecular complexity index is 194. The summed E-state index contributed by atoms with van der Waals surface area (Å²) in [5, 5.41) is 0. The second-order valence-electron chi connectivity index (χ2n) is 4.66. The Balaban J connectivity index is 4.78. The van der Waals surface area contributed by atoms with Crippen molar-refractivity contribution in [1.29, 1.82) is 0 Å². The molecule has 0 heterocycles. The third-order valence-corrected chi connectivity index (χ3v) is 2.48. The van der Waals surface area contributed by atoms with Crippen molar-refractivity contribution < 1.29 is 4.39 Å². The molecule has 1 unspecified atom stereocenters. The Labute approximate surface area is 88.0 Å². The van der Waals surface area contributed by atoms with E-state index >= 15 is 0 Å². The van der Waals surface area contributed by atoms with E-state index in [1.165, 1.54) is 0 Å². The number of hydrogen-bond acceptors (Lipinski definition) is 1. The van der Waals surface area contributed by atoms with Gasteiger partial charge in [0.15, 0.2) is 0 Å². The third-order valence-electron chi connectivity index (χ3n) is 2.48. The molecule has 0 N–H and O–H groups in total. The molecule has 0 aromatic rings. The first kappa shape index (κ1) is 13.6. The molecule has 84 valence electrons. The first-order valence-corrected chi connectivity index (χ1v) is 5.39. The highest BCUT2D eigenvalue weighted by atomic mass is 19.1. The molecule has 14 heavy (non-hydrogen) atoms. The monoisotopic (exact) mass is 201 g/mol. The molecule has 0 aliphatic rings. The minimum absolute atomic E-state index is 0.00685. The van der Waals surface area contributed by atoms with Crippen LogP contribution in [0.3, 0.4) is 0 Å². The molecular formula is C12H24FN. The zero-order valence-electron chi connectivity index (χ0n) is 10.6. The fraction of sp³-hybridized carbons (Fsp3) is 0.833. The SMILES string of the molecule is CC(C)=C(F)C(C)N(C(C)C)C(C)C. The van der Waals surface area contributed by atoms with Crippen LogP contribution >= 0.6 is 0 Å². The molecule has 2 heteroatoms. The maximum Gasteiger partial charge on any atom is 0.115 e. The lowest BCUT2D eigenvalue weighted by molar-refractivity contribution is 0.127. The average Bonchev–Trinajstić information content (AvgIpc) is 2.01. The zero-order valence-corrected chi connectivity index (χ0v) is 10.6. The summed E-state index contributed by atoms with van der Waals surface area (Å²) in [5.74, 6) is 0.00685. The van der Waals surface area contributed by atoms with Gasteiger partial charge >= 0.3 is 0 Å². The molecule has 0 aromatic carbocycles. The van der Waals surface area contributed by atoms with Crippen molar-refractivity contribution >= 4 is 0 Å². The van der Waals surface area contributed by atoms with Gasteiger partial charge in [-0.3, -0.25) is 4.90 Å². The highest BCUT2D eigenvalue weighted by Gasteiger charge is 2.23. The zero-order chi connectivity index (χ0) is 11.5. The van der Waals surface area contributed by atoms with Crippen molar-refractivity contribution in [3.63, 3.8) is 0 Å². The van der Waals surface area contributed by atoms with Gasteiger partial charge in [-0.1, -0.05) is 0 Å². The smallest absolute Gasteiger partial charge is 0.115 e. The van der Waals surface area contributed by atoms with Crippen LogP contribution in [0.5, 0.6) is 0 Å². The number of nitrogens with zero attached hydrogens (tertiary/aromatic N) is 1. The van der Waals surface area contributed by atoms with Crippen molar-refractivity contribution in [3.05, 3.63) is 11.4 Å². The van der Waals surface area contributed by atoms with Crippen LogP contribution in [0.2, 0.25) is 0 Å². The molecular weight excluding hydrogens is 177 g/mol. The van der Waals surface area contributed by atoms with E-state index in [9.17, 15) is 4.39 Å². The van der Waals surface area contributed by atoms with Gasteiger partial charge < -0.3 is 0 Å². The Morgan fingerprint density at radius 3 is 1.50 bits per heavy atom. The van der Waals surface area contributed by atoms with Gasteiger partial charge in [-0.2, -0.15) is 0 Å². The summed E-state index contributed by atoms with van der Waals surface area (Å²) in [4.78, 5) is 2.18. The molecule has 0 fully saturated rings. The lowest BCUT2D eigenvalue weighted by atomic mass is 10.1. The molecule has 0 spiro atoms. The lowest BCUT2D eigenvalue weighted by Gasteiger charge is -2.35. The Kier molecular flexibility index (Phi) is 5.35. The fourth-order valence-electron chi connectivity index (χ4n) is 2.04. The van der Waals surface area contributed by atoms with E-state index in [-0.39, 0.29) is 11.9 Å². The quantitative estimate of drug-likeness (QED) is 0.669. The van der Waals surface area contributed by atoms with E-state index in [0.717, 1.165) is 5.57 Å². The average molecular weight is 201 g/mol. The van der Waals surface area contributed by atoms with Crippen molar-refractivity contribution in [1.82, 2.24) is 4.90 Å². The molecule has 0 radical (unpaired) electrons. The highest BCUT2D eigenvalue weighted by molar-refractivity contribution is 5.09. The molecule has 0 amide bonds. The predicted molar refractivity (Wildman–Crippen MR) is 61.1 cm³/mol. The minimum Gasteiger partial charge on any atom is -0.289 e. The Morgan fingerprint density at radius 1 is 0.929 bits per heavy atom. The second kappa shape index (κ2) is 5.50. The predicted octanol–water partition coefficient (Wildman–Crippen LogP) is 3.76. The third kappa shape index (κ3) is 3.41. The molecule has 0 bridgehead atoms. The van der Waals surface area contributed by atoms with Crippen LogP contribution in [0, 0.1) is 0 Å². The molecule has 0 aliphatic heterocycles. The maximum absolute atomic E-state index is 13.7. The number of hydrogen-bond donors (Lipinski definition) is 0. The molecule has 0 aliphatic carbocycles. The van der Waals surface area contributed by atoms with Crippen LogP contribution in [-0.2, 0) is 0 Å². The van der Waals surface area contributed by atoms with Crippen LogP contribution in [0.15, 0.2) is 11.4 Å².